The van der Waals surface area contributed by atoms with Crippen molar-refractivity contribution in [2.75, 3.05) is 13.1 Å². The summed E-state index contributed by atoms with van der Waals surface area (Å²) in [7, 11) is -3.79. The van der Waals surface area contributed by atoms with Crippen LogP contribution in [-0.4, -0.2) is 31.7 Å². The number of nitrogens with zero attached hydrogens (tertiary/aromatic N) is 1. The molecule has 1 amide bonds. The second-order valence-electron chi connectivity index (χ2n) is 5.31. The third-order valence-electron chi connectivity index (χ3n) is 3.42. The standard InChI is InChI=1S/C18H19BrN2O3S/c1-2-12-20-18(22)14-21(13-15-8-10-16(19)11-9-15)25(23,24)17-6-4-3-5-7-17/h2-11H,1,12-14H2,(H,20,22). The summed E-state index contributed by atoms with van der Waals surface area (Å²) >= 11 is 3.35. The third kappa shape index (κ3) is 5.52. The minimum Gasteiger partial charge on any atom is -0.351 e. The Morgan fingerprint density at radius 2 is 1.76 bits per heavy atom. The highest BCUT2D eigenvalue weighted by atomic mass is 79.9. The van der Waals surface area contributed by atoms with E-state index in [1.54, 1.807) is 24.3 Å². The van der Waals surface area contributed by atoms with Crippen LogP contribution in [0.4, 0.5) is 0 Å². The van der Waals surface area contributed by atoms with E-state index < -0.39 is 10.0 Å². The largest absolute Gasteiger partial charge is 0.351 e. The molecule has 0 saturated carbocycles. The first-order valence-electron chi connectivity index (χ1n) is 7.60. The Hall–Kier alpha value is -1.96. The molecule has 2 aromatic rings. The SMILES string of the molecule is C=CCNC(=O)CN(Cc1ccc(Br)cc1)S(=O)(=O)c1ccccc1. The van der Waals surface area contributed by atoms with Crippen molar-refractivity contribution in [3.63, 3.8) is 0 Å². The number of carbonyl (C=O) groups is 1. The molecule has 0 heterocycles. The number of rotatable bonds is 8. The molecule has 0 fully saturated rings. The van der Waals surface area contributed by atoms with E-state index >= 15 is 0 Å². The van der Waals surface area contributed by atoms with E-state index in [0.717, 1.165) is 10.0 Å². The molecule has 0 aromatic heterocycles. The quantitative estimate of drug-likeness (QED) is 0.664. The summed E-state index contributed by atoms with van der Waals surface area (Å²) < 4.78 is 27.9. The Morgan fingerprint density at radius 1 is 1.12 bits per heavy atom. The van der Waals surface area contributed by atoms with Crippen LogP contribution in [0.1, 0.15) is 5.56 Å². The molecule has 0 aliphatic heterocycles. The van der Waals surface area contributed by atoms with Gasteiger partial charge in [-0.3, -0.25) is 4.79 Å². The van der Waals surface area contributed by atoms with E-state index in [2.05, 4.69) is 27.8 Å². The molecule has 0 atom stereocenters. The molecule has 2 aromatic carbocycles. The molecule has 0 aliphatic carbocycles. The van der Waals surface area contributed by atoms with Crippen LogP contribution in [0.5, 0.6) is 0 Å². The molecular formula is C18H19BrN2O3S. The lowest BCUT2D eigenvalue weighted by Crippen LogP contribution is -2.40. The predicted molar refractivity (Wildman–Crippen MR) is 101 cm³/mol. The number of halogens is 1. The van der Waals surface area contributed by atoms with Crippen molar-refractivity contribution >= 4 is 31.9 Å². The fraction of sp³-hybridized carbons (Fsp3) is 0.167. The molecule has 132 valence electrons. The molecule has 1 N–H and O–H groups in total. The minimum atomic E-state index is -3.79. The van der Waals surface area contributed by atoms with Gasteiger partial charge in [0.25, 0.3) is 0 Å². The Balaban J connectivity index is 2.29. The van der Waals surface area contributed by atoms with Crippen LogP contribution in [0.3, 0.4) is 0 Å². The van der Waals surface area contributed by atoms with Crippen molar-refractivity contribution in [2.45, 2.75) is 11.4 Å². The zero-order chi connectivity index (χ0) is 18.3. The van der Waals surface area contributed by atoms with Gasteiger partial charge in [-0.1, -0.05) is 52.3 Å². The molecular weight excluding hydrogens is 404 g/mol. The first-order valence-corrected chi connectivity index (χ1v) is 9.84. The summed E-state index contributed by atoms with van der Waals surface area (Å²) in [5, 5.41) is 2.61. The summed E-state index contributed by atoms with van der Waals surface area (Å²) in [6.45, 7) is 3.66. The first-order chi connectivity index (χ1) is 11.9. The van der Waals surface area contributed by atoms with Gasteiger partial charge in [0.2, 0.25) is 15.9 Å². The van der Waals surface area contributed by atoms with Crippen molar-refractivity contribution in [3.8, 4) is 0 Å². The van der Waals surface area contributed by atoms with Crippen molar-refractivity contribution in [1.82, 2.24) is 9.62 Å². The lowest BCUT2D eigenvalue weighted by molar-refractivity contribution is -0.121. The monoisotopic (exact) mass is 422 g/mol. The summed E-state index contributed by atoms with van der Waals surface area (Å²) in [5.41, 5.74) is 0.791. The normalized spacial score (nSPS) is 11.3. The third-order valence-corrected chi connectivity index (χ3v) is 5.75. The molecule has 0 radical (unpaired) electrons. The van der Waals surface area contributed by atoms with E-state index in [9.17, 15) is 13.2 Å². The molecule has 2 rings (SSSR count). The number of hydrogen-bond acceptors (Lipinski definition) is 3. The number of benzene rings is 2. The highest BCUT2D eigenvalue weighted by Gasteiger charge is 2.26. The summed E-state index contributed by atoms with van der Waals surface area (Å²) in [6, 6.07) is 15.4. The van der Waals surface area contributed by atoms with Crippen LogP contribution in [0.25, 0.3) is 0 Å². The summed E-state index contributed by atoms with van der Waals surface area (Å²) in [5.74, 6) is -0.378. The number of amides is 1. The van der Waals surface area contributed by atoms with Crippen LogP contribution >= 0.6 is 15.9 Å². The Bertz CT molecular complexity index is 821. The van der Waals surface area contributed by atoms with Gasteiger partial charge in [0, 0.05) is 17.6 Å². The zero-order valence-electron chi connectivity index (χ0n) is 13.6. The van der Waals surface area contributed by atoms with Crippen LogP contribution < -0.4 is 5.32 Å². The van der Waals surface area contributed by atoms with Crippen molar-refractivity contribution < 1.29 is 13.2 Å². The van der Waals surface area contributed by atoms with E-state index in [4.69, 9.17) is 0 Å². The minimum absolute atomic E-state index is 0.103. The van der Waals surface area contributed by atoms with Gasteiger partial charge in [-0.15, -0.1) is 6.58 Å². The lowest BCUT2D eigenvalue weighted by Gasteiger charge is -2.22. The molecule has 0 bridgehead atoms. The summed E-state index contributed by atoms with van der Waals surface area (Å²) in [6.07, 6.45) is 1.54. The average Bonchev–Trinajstić information content (AvgIpc) is 2.62. The Kier molecular flexibility index (Phi) is 6.92. The lowest BCUT2D eigenvalue weighted by atomic mass is 10.2. The van der Waals surface area contributed by atoms with Gasteiger partial charge in [0.1, 0.15) is 0 Å². The molecule has 0 aliphatic rings. The molecule has 0 unspecified atom stereocenters. The van der Waals surface area contributed by atoms with E-state index in [0.29, 0.717) is 0 Å². The van der Waals surface area contributed by atoms with Crippen LogP contribution in [0, 0.1) is 0 Å². The van der Waals surface area contributed by atoms with Gasteiger partial charge >= 0.3 is 0 Å². The van der Waals surface area contributed by atoms with Gasteiger partial charge in [0.05, 0.1) is 11.4 Å². The number of hydrogen-bond donors (Lipinski definition) is 1. The molecule has 25 heavy (non-hydrogen) atoms. The highest BCUT2D eigenvalue weighted by Crippen LogP contribution is 2.19. The van der Waals surface area contributed by atoms with Crippen LogP contribution in [-0.2, 0) is 21.4 Å². The van der Waals surface area contributed by atoms with E-state index in [1.807, 2.05) is 24.3 Å². The van der Waals surface area contributed by atoms with Gasteiger partial charge in [0.15, 0.2) is 0 Å². The molecule has 7 heteroatoms. The van der Waals surface area contributed by atoms with Gasteiger partial charge in [-0.05, 0) is 29.8 Å². The average molecular weight is 423 g/mol. The maximum Gasteiger partial charge on any atom is 0.243 e. The number of sulfonamides is 1. The fourth-order valence-electron chi connectivity index (χ4n) is 2.16. The molecule has 0 saturated heterocycles. The van der Waals surface area contributed by atoms with Gasteiger partial charge in [-0.25, -0.2) is 8.42 Å². The van der Waals surface area contributed by atoms with E-state index in [1.165, 1.54) is 16.4 Å². The van der Waals surface area contributed by atoms with Gasteiger partial charge in [-0.2, -0.15) is 4.31 Å². The molecule has 0 spiro atoms. The maximum atomic E-state index is 12.9. The van der Waals surface area contributed by atoms with E-state index in [-0.39, 0.29) is 30.4 Å². The fourth-order valence-corrected chi connectivity index (χ4v) is 3.83. The topological polar surface area (TPSA) is 66.5 Å². The Labute approximate surface area is 156 Å². The highest BCUT2D eigenvalue weighted by molar-refractivity contribution is 9.10. The number of carbonyl (C=O) groups excluding carboxylic acids is 1. The van der Waals surface area contributed by atoms with Crippen LogP contribution in [0.15, 0.2) is 76.6 Å². The molecule has 5 nitrogen and oxygen atoms in total. The Morgan fingerprint density at radius 3 is 2.36 bits per heavy atom. The first kappa shape index (κ1) is 19.4. The summed E-state index contributed by atoms with van der Waals surface area (Å²) in [4.78, 5) is 12.2. The second-order valence-corrected chi connectivity index (χ2v) is 8.16. The number of nitrogens with one attached hydrogen (secondary N) is 1. The maximum absolute atomic E-state index is 12.9. The van der Waals surface area contributed by atoms with Crippen molar-refractivity contribution in [3.05, 3.63) is 77.3 Å². The van der Waals surface area contributed by atoms with Crippen LogP contribution in [0.2, 0.25) is 0 Å². The predicted octanol–water partition coefficient (Wildman–Crippen LogP) is 2.94. The van der Waals surface area contributed by atoms with Crippen molar-refractivity contribution in [2.24, 2.45) is 0 Å². The van der Waals surface area contributed by atoms with Gasteiger partial charge < -0.3 is 5.32 Å². The van der Waals surface area contributed by atoms with Crippen molar-refractivity contribution in [1.29, 1.82) is 0 Å². The smallest absolute Gasteiger partial charge is 0.243 e. The zero-order valence-corrected chi connectivity index (χ0v) is 16.0. The second kappa shape index (κ2) is 8.94.